The summed E-state index contributed by atoms with van der Waals surface area (Å²) in [5, 5.41) is 7.23. The molecule has 6 N–H and O–H groups in total. The Morgan fingerprint density at radius 3 is 2.00 bits per heavy atom. The van der Waals surface area contributed by atoms with Gasteiger partial charge in [-0.1, -0.05) is 144 Å². The molecule has 1 aromatic heterocycles. The molecule has 57 heavy (non-hydrogen) atoms. The standard InChI is InChI=1S/C38H50ClN4O6P.C6H15N/c39-32-21-13-15-23-36(32)49-50(46,47)48-25-17-8-6-4-2-1-3-5-7-16-24-41-38(45)35(27-30-28-42-34-22-14-12-20-31(30)34)43-37(44)33(40)26-29-18-10-9-11-19-29;1-4-7(5-2)6-3/h9-15,18-23,28,33,35,42H,1-8,16-17,24-27,40H2,(H,41,45)(H,43,44)(H,46,47);4-6H2,1-3H3/t33-,35+;/m0./s1. The van der Waals surface area contributed by atoms with Crippen LogP contribution >= 0.6 is 19.4 Å². The minimum absolute atomic E-state index is 0.122. The van der Waals surface area contributed by atoms with E-state index in [4.69, 9.17) is 26.4 Å². The van der Waals surface area contributed by atoms with Gasteiger partial charge in [-0.15, -0.1) is 0 Å². The smallest absolute Gasteiger partial charge is 0.403 e. The van der Waals surface area contributed by atoms with E-state index in [-0.39, 0.29) is 29.2 Å². The fraction of sp³-hybridized carbons (Fsp3) is 0.500. The van der Waals surface area contributed by atoms with Crippen molar-refractivity contribution >= 4 is 42.1 Å². The number of H-pyrrole nitrogens is 1. The SMILES string of the molecule is CCN(CC)CC.N[C@@H](Cc1ccccc1)C(=O)N[C@H](Cc1c[nH]c2ccccc12)C(=O)NCCCCCCCCCCCCOP(=O)(O)Oc1ccccc1Cl. The van der Waals surface area contributed by atoms with Crippen molar-refractivity contribution in [3.05, 3.63) is 101 Å². The summed E-state index contributed by atoms with van der Waals surface area (Å²) < 4.78 is 22.2. The number of benzene rings is 3. The molecule has 0 saturated carbocycles. The zero-order valence-corrected chi connectivity index (χ0v) is 35.7. The third-order valence-corrected chi connectivity index (χ3v) is 11.1. The lowest BCUT2D eigenvalue weighted by atomic mass is 10.0. The van der Waals surface area contributed by atoms with E-state index >= 15 is 0 Å². The van der Waals surface area contributed by atoms with Crippen LogP contribution in [0.15, 0.2) is 85.1 Å². The summed E-state index contributed by atoms with van der Waals surface area (Å²) in [6, 6.07) is 22.5. The van der Waals surface area contributed by atoms with Crippen LogP contribution in [0.25, 0.3) is 10.9 Å². The minimum Gasteiger partial charge on any atom is -0.403 e. The molecule has 1 unspecified atom stereocenters. The Labute approximate surface area is 345 Å². The van der Waals surface area contributed by atoms with Gasteiger partial charge in [0.15, 0.2) is 0 Å². The molecule has 13 heteroatoms. The molecular weight excluding hydrogens is 761 g/mol. The topological polar surface area (TPSA) is 159 Å². The van der Waals surface area contributed by atoms with Crippen molar-refractivity contribution in [2.45, 2.75) is 110 Å². The molecule has 1 heterocycles. The minimum atomic E-state index is -4.21. The fourth-order valence-corrected chi connectivity index (χ4v) is 7.51. The van der Waals surface area contributed by atoms with Gasteiger partial charge in [0.25, 0.3) is 0 Å². The molecule has 0 aliphatic rings. The first-order valence-corrected chi connectivity index (χ1v) is 22.5. The lowest BCUT2D eigenvalue weighted by Crippen LogP contribution is -2.53. The van der Waals surface area contributed by atoms with Crippen molar-refractivity contribution < 1.29 is 28.1 Å². The van der Waals surface area contributed by atoms with E-state index in [1.165, 1.54) is 25.7 Å². The largest absolute Gasteiger partial charge is 0.527 e. The van der Waals surface area contributed by atoms with E-state index in [9.17, 15) is 19.0 Å². The molecule has 3 aromatic carbocycles. The highest BCUT2D eigenvalue weighted by Crippen LogP contribution is 2.45. The number of amides is 2. The van der Waals surface area contributed by atoms with Crippen LogP contribution in [0.3, 0.4) is 0 Å². The molecular formula is C44H65ClN5O6P. The van der Waals surface area contributed by atoms with E-state index in [2.05, 4.69) is 41.3 Å². The number of aromatic nitrogens is 1. The number of nitrogens with one attached hydrogen (secondary N) is 3. The van der Waals surface area contributed by atoms with Gasteiger partial charge in [-0.05, 0) is 68.2 Å². The third kappa shape index (κ3) is 18.6. The molecule has 11 nitrogen and oxygen atoms in total. The van der Waals surface area contributed by atoms with Gasteiger partial charge in [0, 0.05) is 30.1 Å². The second kappa shape index (κ2) is 27.1. The predicted molar refractivity (Wildman–Crippen MR) is 233 cm³/mol. The van der Waals surface area contributed by atoms with Gasteiger partial charge >= 0.3 is 7.82 Å². The number of aromatic amines is 1. The molecule has 0 fully saturated rings. The zero-order valence-electron chi connectivity index (χ0n) is 34.1. The van der Waals surface area contributed by atoms with Crippen molar-refractivity contribution in [3.8, 4) is 5.75 Å². The second-order valence-corrected chi connectivity index (χ2v) is 16.0. The number of rotatable bonds is 26. The lowest BCUT2D eigenvalue weighted by molar-refractivity contribution is -0.129. The van der Waals surface area contributed by atoms with Crippen LogP contribution in [0.1, 0.15) is 96.1 Å². The summed E-state index contributed by atoms with van der Waals surface area (Å²) >= 11 is 5.97. The molecule has 0 aliphatic heterocycles. The number of carbonyl (C=O) groups is 2. The Morgan fingerprint density at radius 2 is 1.37 bits per heavy atom. The highest BCUT2D eigenvalue weighted by molar-refractivity contribution is 7.47. The number of unbranched alkanes of at least 4 members (excludes halogenated alkanes) is 9. The molecule has 0 bridgehead atoms. The number of carbonyl (C=O) groups excluding carboxylic acids is 2. The van der Waals surface area contributed by atoms with Crippen molar-refractivity contribution in [2.24, 2.45) is 5.73 Å². The summed E-state index contributed by atoms with van der Waals surface area (Å²) in [5.41, 5.74) is 9.15. The summed E-state index contributed by atoms with van der Waals surface area (Å²) in [7, 11) is -4.21. The highest BCUT2D eigenvalue weighted by Gasteiger charge is 2.26. The molecule has 0 radical (unpaired) electrons. The van der Waals surface area contributed by atoms with Gasteiger partial charge in [-0.2, -0.15) is 0 Å². The lowest BCUT2D eigenvalue weighted by Gasteiger charge is -2.21. The fourth-order valence-electron chi connectivity index (χ4n) is 6.47. The Balaban J connectivity index is 0.00000113. The Kier molecular flexibility index (Phi) is 22.6. The van der Waals surface area contributed by atoms with E-state index in [1.54, 1.807) is 18.2 Å². The Bertz CT molecular complexity index is 1770. The molecule has 3 atom stereocenters. The molecule has 0 aliphatic carbocycles. The molecule has 314 valence electrons. The Hall–Kier alpha value is -3.70. The van der Waals surface area contributed by atoms with Gasteiger partial charge in [-0.25, -0.2) is 4.57 Å². The zero-order chi connectivity index (χ0) is 41.3. The van der Waals surface area contributed by atoms with Crippen LogP contribution in [0, 0.1) is 0 Å². The van der Waals surface area contributed by atoms with Crippen molar-refractivity contribution in [1.82, 2.24) is 20.5 Å². The van der Waals surface area contributed by atoms with E-state index in [1.807, 2.05) is 60.8 Å². The van der Waals surface area contributed by atoms with Crippen LogP contribution in [0.2, 0.25) is 5.02 Å². The van der Waals surface area contributed by atoms with Gasteiger partial charge < -0.3 is 30.8 Å². The number of nitrogens with zero attached hydrogens (tertiary/aromatic N) is 1. The summed E-state index contributed by atoms with van der Waals surface area (Å²) in [6.07, 6.45) is 12.7. The van der Waals surface area contributed by atoms with Crippen LogP contribution < -0.4 is 20.9 Å². The highest BCUT2D eigenvalue weighted by atomic mass is 35.5. The first kappa shape index (κ1) is 47.7. The first-order chi connectivity index (χ1) is 27.6. The number of phosphoric acid groups is 1. The van der Waals surface area contributed by atoms with Gasteiger partial charge in [0.05, 0.1) is 17.7 Å². The number of para-hydroxylation sites is 2. The van der Waals surface area contributed by atoms with Crippen molar-refractivity contribution in [2.75, 3.05) is 32.8 Å². The van der Waals surface area contributed by atoms with Gasteiger partial charge in [0.1, 0.15) is 11.8 Å². The predicted octanol–water partition coefficient (Wildman–Crippen LogP) is 8.98. The number of halogens is 1. The maximum atomic E-state index is 13.3. The number of fused-ring (bicyclic) bond motifs is 1. The van der Waals surface area contributed by atoms with Crippen LogP contribution in [0.4, 0.5) is 0 Å². The van der Waals surface area contributed by atoms with Crippen molar-refractivity contribution in [1.29, 1.82) is 0 Å². The molecule has 4 aromatic rings. The summed E-state index contributed by atoms with van der Waals surface area (Å²) in [4.78, 5) is 42.0. The molecule has 0 spiro atoms. The normalized spacial score (nSPS) is 13.3. The van der Waals surface area contributed by atoms with E-state index < -0.39 is 19.9 Å². The van der Waals surface area contributed by atoms with Gasteiger partial charge in [0.2, 0.25) is 11.8 Å². The monoisotopic (exact) mass is 825 g/mol. The maximum absolute atomic E-state index is 13.3. The van der Waals surface area contributed by atoms with Crippen LogP contribution in [-0.2, 0) is 31.5 Å². The number of hydrogen-bond acceptors (Lipinski definition) is 7. The average Bonchev–Trinajstić information content (AvgIpc) is 3.62. The van der Waals surface area contributed by atoms with Gasteiger partial charge in [-0.3, -0.25) is 19.0 Å². The number of hydrogen-bond donors (Lipinski definition) is 5. The van der Waals surface area contributed by atoms with E-state index in [0.717, 1.165) is 79.8 Å². The first-order valence-electron chi connectivity index (χ1n) is 20.6. The number of nitrogens with two attached hydrogens (primary N) is 1. The average molecular weight is 826 g/mol. The summed E-state index contributed by atoms with van der Waals surface area (Å²) in [5.74, 6) is -0.440. The van der Waals surface area contributed by atoms with Crippen molar-refractivity contribution in [3.63, 3.8) is 0 Å². The Morgan fingerprint density at radius 1 is 0.789 bits per heavy atom. The van der Waals surface area contributed by atoms with Crippen LogP contribution in [-0.4, -0.2) is 71.5 Å². The van der Waals surface area contributed by atoms with E-state index in [0.29, 0.717) is 25.8 Å². The quantitative estimate of drug-likeness (QED) is 0.0310. The molecule has 2 amide bonds. The maximum Gasteiger partial charge on any atom is 0.527 e. The third-order valence-electron chi connectivity index (χ3n) is 9.88. The molecule has 0 saturated heterocycles. The second-order valence-electron chi connectivity index (χ2n) is 14.2. The summed E-state index contributed by atoms with van der Waals surface area (Å²) in [6.45, 7) is 10.8. The van der Waals surface area contributed by atoms with Crippen LogP contribution in [0.5, 0.6) is 5.75 Å². The number of phosphoric ester groups is 1. The molecule has 4 rings (SSSR count).